The number of carbonyl (C=O) groups is 1. The fourth-order valence-corrected chi connectivity index (χ4v) is 1.27. The average Bonchev–Trinajstić information content (AvgIpc) is 2.46. The maximum atomic E-state index is 11.2. The summed E-state index contributed by atoms with van der Waals surface area (Å²) < 4.78 is 4.56. The van der Waals surface area contributed by atoms with Crippen LogP contribution in [0.25, 0.3) is 0 Å². The third-order valence-electron chi connectivity index (χ3n) is 2.19. The molecule has 0 aliphatic carbocycles. The van der Waals surface area contributed by atoms with Gasteiger partial charge in [0.1, 0.15) is 5.69 Å². The quantitative estimate of drug-likeness (QED) is 0.560. The van der Waals surface area contributed by atoms with Crippen LogP contribution in [0.2, 0.25) is 0 Å². The van der Waals surface area contributed by atoms with Crippen molar-refractivity contribution >= 4 is 5.97 Å². The largest absolute Gasteiger partial charge is 0.464 e. The van der Waals surface area contributed by atoms with Crippen molar-refractivity contribution in [2.24, 2.45) is 0 Å². The van der Waals surface area contributed by atoms with Crippen molar-refractivity contribution in [1.29, 1.82) is 0 Å². The van der Waals surface area contributed by atoms with E-state index < -0.39 is 5.97 Å². The summed E-state index contributed by atoms with van der Waals surface area (Å²) in [5.41, 5.74) is 1.88. The molecule has 0 unspecified atom stereocenters. The van der Waals surface area contributed by atoms with Crippen molar-refractivity contribution in [2.45, 2.75) is 0 Å². The van der Waals surface area contributed by atoms with Gasteiger partial charge >= 0.3 is 5.97 Å². The number of hydrogen-bond acceptors (Lipinski definition) is 4. The van der Waals surface area contributed by atoms with E-state index in [4.69, 9.17) is 0 Å². The van der Waals surface area contributed by atoms with Gasteiger partial charge < -0.3 is 4.74 Å². The minimum absolute atomic E-state index is 0.270. The van der Waals surface area contributed by atoms with Crippen LogP contribution in [0.4, 0.5) is 0 Å². The van der Waals surface area contributed by atoms with Gasteiger partial charge in [0.25, 0.3) is 0 Å². The van der Waals surface area contributed by atoms with E-state index in [1.807, 2.05) is 12.1 Å². The van der Waals surface area contributed by atoms with Gasteiger partial charge in [-0.1, -0.05) is 11.8 Å². The maximum Gasteiger partial charge on any atom is 0.356 e. The summed E-state index contributed by atoms with van der Waals surface area (Å²) in [6, 6.07) is 6.96. The molecular formula is C14H10N2O2. The van der Waals surface area contributed by atoms with Crippen molar-refractivity contribution in [1.82, 2.24) is 9.97 Å². The van der Waals surface area contributed by atoms with Gasteiger partial charge in [0.15, 0.2) is 0 Å². The SMILES string of the molecule is COC(=O)c1ccc(C#Cc2ccncc2)cn1. The molecule has 0 spiro atoms. The lowest BCUT2D eigenvalue weighted by Crippen LogP contribution is -2.03. The number of carbonyl (C=O) groups excluding carboxylic acids is 1. The second-order valence-electron chi connectivity index (χ2n) is 3.41. The molecule has 2 rings (SSSR count). The van der Waals surface area contributed by atoms with Gasteiger partial charge in [-0.15, -0.1) is 0 Å². The number of methoxy groups -OCH3 is 1. The van der Waals surface area contributed by atoms with Gasteiger partial charge in [-0.05, 0) is 24.3 Å². The molecule has 0 bridgehead atoms. The van der Waals surface area contributed by atoms with Crippen molar-refractivity contribution in [3.05, 3.63) is 59.7 Å². The molecule has 4 heteroatoms. The summed E-state index contributed by atoms with van der Waals surface area (Å²) in [7, 11) is 1.32. The Bertz CT molecular complexity index is 595. The number of aromatic nitrogens is 2. The first-order valence-electron chi connectivity index (χ1n) is 5.26. The highest BCUT2D eigenvalue weighted by Crippen LogP contribution is 2.01. The highest BCUT2D eigenvalue weighted by Gasteiger charge is 2.04. The van der Waals surface area contributed by atoms with E-state index >= 15 is 0 Å². The lowest BCUT2D eigenvalue weighted by molar-refractivity contribution is 0.0594. The van der Waals surface area contributed by atoms with Crippen molar-refractivity contribution < 1.29 is 9.53 Å². The zero-order chi connectivity index (χ0) is 12.8. The molecular weight excluding hydrogens is 228 g/mol. The van der Waals surface area contributed by atoms with Crippen molar-refractivity contribution in [3.8, 4) is 11.8 Å². The van der Waals surface area contributed by atoms with Crippen LogP contribution in [0, 0.1) is 11.8 Å². The van der Waals surface area contributed by atoms with E-state index in [1.54, 1.807) is 30.7 Å². The van der Waals surface area contributed by atoms with Gasteiger partial charge in [0.05, 0.1) is 7.11 Å². The fraction of sp³-hybridized carbons (Fsp3) is 0.0714. The Morgan fingerprint density at radius 3 is 2.44 bits per heavy atom. The topological polar surface area (TPSA) is 52.1 Å². The molecule has 2 aromatic heterocycles. The predicted octanol–water partition coefficient (Wildman–Crippen LogP) is 1.66. The minimum Gasteiger partial charge on any atom is -0.464 e. The molecule has 0 fully saturated rings. The van der Waals surface area contributed by atoms with Crippen LogP contribution in [0.3, 0.4) is 0 Å². The summed E-state index contributed by atoms with van der Waals surface area (Å²) in [5, 5.41) is 0. The smallest absolute Gasteiger partial charge is 0.356 e. The Hall–Kier alpha value is -2.67. The lowest BCUT2D eigenvalue weighted by Gasteiger charge is -1.97. The standard InChI is InChI=1S/C14H10N2O2/c1-18-14(17)13-5-4-12(10-16-13)3-2-11-6-8-15-9-7-11/h4-10H,1H3. The number of nitrogens with zero attached hydrogens (tertiary/aromatic N) is 2. The lowest BCUT2D eigenvalue weighted by atomic mass is 10.2. The number of pyridine rings is 2. The highest BCUT2D eigenvalue weighted by atomic mass is 16.5. The molecule has 0 aliphatic rings. The zero-order valence-electron chi connectivity index (χ0n) is 9.75. The van der Waals surface area contributed by atoms with E-state index in [9.17, 15) is 4.79 Å². The number of ether oxygens (including phenoxy) is 1. The normalized spacial score (nSPS) is 9.17. The first kappa shape index (κ1) is 11.8. The summed E-state index contributed by atoms with van der Waals surface area (Å²) in [5.74, 6) is 5.48. The molecule has 18 heavy (non-hydrogen) atoms. The molecule has 0 aromatic carbocycles. The average molecular weight is 238 g/mol. The van der Waals surface area contributed by atoms with E-state index in [-0.39, 0.29) is 5.69 Å². The van der Waals surface area contributed by atoms with E-state index in [0.717, 1.165) is 11.1 Å². The molecule has 0 aliphatic heterocycles. The molecule has 0 atom stereocenters. The third-order valence-corrected chi connectivity index (χ3v) is 2.19. The Morgan fingerprint density at radius 1 is 1.11 bits per heavy atom. The van der Waals surface area contributed by atoms with Gasteiger partial charge in [-0.3, -0.25) is 4.98 Å². The summed E-state index contributed by atoms with van der Waals surface area (Å²) in [6.07, 6.45) is 4.91. The molecule has 0 saturated carbocycles. The zero-order valence-corrected chi connectivity index (χ0v) is 9.75. The maximum absolute atomic E-state index is 11.2. The number of rotatable bonds is 1. The van der Waals surface area contributed by atoms with Crippen LogP contribution >= 0.6 is 0 Å². The Kier molecular flexibility index (Phi) is 3.67. The van der Waals surface area contributed by atoms with Crippen LogP contribution in [0.5, 0.6) is 0 Å². The van der Waals surface area contributed by atoms with Crippen LogP contribution in [0.1, 0.15) is 21.6 Å². The highest BCUT2D eigenvalue weighted by molar-refractivity contribution is 5.87. The molecule has 2 heterocycles. The van der Waals surface area contributed by atoms with E-state index in [0.29, 0.717) is 0 Å². The van der Waals surface area contributed by atoms with Crippen LogP contribution in [-0.2, 0) is 4.74 Å². The second-order valence-corrected chi connectivity index (χ2v) is 3.41. The van der Waals surface area contributed by atoms with Gasteiger partial charge in [-0.25, -0.2) is 9.78 Å². The number of esters is 1. The van der Waals surface area contributed by atoms with Crippen LogP contribution in [-0.4, -0.2) is 23.0 Å². The Morgan fingerprint density at radius 2 is 1.83 bits per heavy atom. The number of hydrogen-bond donors (Lipinski definition) is 0. The summed E-state index contributed by atoms with van der Waals surface area (Å²) in [4.78, 5) is 19.1. The Balaban J connectivity index is 2.17. The van der Waals surface area contributed by atoms with E-state index in [1.165, 1.54) is 7.11 Å². The molecule has 0 saturated heterocycles. The molecule has 0 N–H and O–H groups in total. The minimum atomic E-state index is -0.455. The predicted molar refractivity (Wildman–Crippen MR) is 65.8 cm³/mol. The van der Waals surface area contributed by atoms with E-state index in [2.05, 4.69) is 26.5 Å². The third kappa shape index (κ3) is 2.92. The second kappa shape index (κ2) is 5.60. The first-order valence-corrected chi connectivity index (χ1v) is 5.26. The van der Waals surface area contributed by atoms with Crippen molar-refractivity contribution in [2.75, 3.05) is 7.11 Å². The van der Waals surface area contributed by atoms with Crippen molar-refractivity contribution in [3.63, 3.8) is 0 Å². The van der Waals surface area contributed by atoms with Gasteiger partial charge in [0.2, 0.25) is 0 Å². The molecule has 88 valence electrons. The fourth-order valence-electron chi connectivity index (χ4n) is 1.27. The van der Waals surface area contributed by atoms with Crippen LogP contribution < -0.4 is 0 Å². The molecule has 0 amide bonds. The van der Waals surface area contributed by atoms with Crippen LogP contribution in [0.15, 0.2) is 42.9 Å². The monoisotopic (exact) mass is 238 g/mol. The summed E-state index contributed by atoms with van der Waals surface area (Å²) in [6.45, 7) is 0. The molecule has 2 aromatic rings. The Labute approximate surface area is 105 Å². The van der Waals surface area contributed by atoms with Gasteiger partial charge in [-0.2, -0.15) is 0 Å². The molecule has 0 radical (unpaired) electrons. The molecule has 4 nitrogen and oxygen atoms in total. The summed E-state index contributed by atoms with van der Waals surface area (Å²) >= 11 is 0. The van der Waals surface area contributed by atoms with Gasteiger partial charge in [0, 0.05) is 29.7 Å². The first-order chi connectivity index (χ1) is 8.79.